The minimum absolute atomic E-state index is 0.0734. The van der Waals surface area contributed by atoms with Crippen LogP contribution in [0.2, 0.25) is 10.0 Å². The molecule has 0 aliphatic rings. The van der Waals surface area contributed by atoms with Crippen LogP contribution >= 0.6 is 23.2 Å². The summed E-state index contributed by atoms with van der Waals surface area (Å²) in [6.07, 6.45) is -4.64. The molecular weight excluding hydrogens is 494 g/mol. The molecule has 2 aromatic heterocycles. The van der Waals surface area contributed by atoms with E-state index >= 15 is 0 Å². The first-order valence-electron chi connectivity index (χ1n) is 10.7. The maximum Gasteiger partial charge on any atom is 0.417 e. The lowest BCUT2D eigenvalue weighted by molar-refractivity contribution is -0.136. The molecule has 3 nitrogen and oxygen atoms in total. The fourth-order valence-corrected chi connectivity index (χ4v) is 4.22. The highest BCUT2D eigenvalue weighted by Crippen LogP contribution is 2.42. The number of aryl methyl sites for hydroxylation is 2. The summed E-state index contributed by atoms with van der Waals surface area (Å²) < 4.78 is 44.8. The van der Waals surface area contributed by atoms with Crippen LogP contribution in [0, 0.1) is 13.8 Å². The average Bonchev–Trinajstić information content (AvgIpc) is 3.20. The number of rotatable bonds is 3. The predicted octanol–water partition coefficient (Wildman–Crippen LogP) is 8.70. The van der Waals surface area contributed by atoms with Crippen molar-refractivity contribution in [2.45, 2.75) is 20.0 Å². The van der Waals surface area contributed by atoms with Crippen molar-refractivity contribution in [3.05, 3.63) is 99.5 Å². The van der Waals surface area contributed by atoms with Gasteiger partial charge in [-0.25, -0.2) is 9.67 Å². The van der Waals surface area contributed by atoms with Gasteiger partial charge in [0.1, 0.15) is 5.69 Å². The smallest absolute Gasteiger partial charge is 0.228 e. The summed E-state index contributed by atoms with van der Waals surface area (Å²) in [5, 5.41) is 5.51. The van der Waals surface area contributed by atoms with Gasteiger partial charge in [0.15, 0.2) is 5.65 Å². The zero-order chi connectivity index (χ0) is 24.9. The molecule has 176 valence electrons. The van der Waals surface area contributed by atoms with Crippen molar-refractivity contribution in [2.24, 2.45) is 0 Å². The van der Waals surface area contributed by atoms with Gasteiger partial charge in [0.25, 0.3) is 0 Å². The summed E-state index contributed by atoms with van der Waals surface area (Å²) in [6.45, 7) is 3.76. The molecule has 0 saturated carbocycles. The Bertz CT molecular complexity index is 1550. The second kappa shape index (κ2) is 8.70. The van der Waals surface area contributed by atoms with Crippen LogP contribution in [-0.4, -0.2) is 14.8 Å². The third-order valence-electron chi connectivity index (χ3n) is 5.81. The maximum atomic E-state index is 14.5. The summed E-state index contributed by atoms with van der Waals surface area (Å²) in [4.78, 5) is 4.66. The number of nitrogens with zero attached hydrogens (tertiary/aromatic N) is 3. The first kappa shape index (κ1) is 23.4. The zero-order valence-corrected chi connectivity index (χ0v) is 20.2. The highest BCUT2D eigenvalue weighted by Gasteiger charge is 2.36. The summed E-state index contributed by atoms with van der Waals surface area (Å²) in [5.74, 6) is 0. The zero-order valence-electron chi connectivity index (χ0n) is 18.7. The van der Waals surface area contributed by atoms with E-state index < -0.39 is 11.7 Å². The van der Waals surface area contributed by atoms with Crippen molar-refractivity contribution in [3.63, 3.8) is 0 Å². The predicted molar refractivity (Wildman–Crippen MR) is 134 cm³/mol. The van der Waals surface area contributed by atoms with Crippen molar-refractivity contribution < 1.29 is 13.2 Å². The number of halogens is 5. The molecule has 3 aromatic carbocycles. The van der Waals surface area contributed by atoms with Gasteiger partial charge < -0.3 is 0 Å². The van der Waals surface area contributed by atoms with Gasteiger partial charge in [0.05, 0.1) is 22.3 Å². The topological polar surface area (TPSA) is 30.7 Å². The third-order valence-corrected chi connectivity index (χ3v) is 6.47. The van der Waals surface area contributed by atoms with Crippen molar-refractivity contribution in [3.8, 4) is 28.2 Å². The van der Waals surface area contributed by atoms with E-state index in [0.717, 1.165) is 17.2 Å². The van der Waals surface area contributed by atoms with Crippen LogP contribution in [0.5, 0.6) is 0 Å². The Hall–Kier alpha value is -3.35. The summed E-state index contributed by atoms with van der Waals surface area (Å²) in [6, 6.07) is 20.0. The van der Waals surface area contributed by atoms with Crippen LogP contribution in [0.3, 0.4) is 0 Å². The number of aromatic nitrogens is 3. The number of hydrogen-bond donors (Lipinski definition) is 0. The molecule has 5 aromatic rings. The summed E-state index contributed by atoms with van der Waals surface area (Å²) in [5.41, 5.74) is 3.04. The van der Waals surface area contributed by atoms with Gasteiger partial charge in [-0.3, -0.25) is 0 Å². The molecule has 0 N–H and O–H groups in total. The lowest BCUT2D eigenvalue weighted by atomic mass is 10.0. The Morgan fingerprint density at radius 1 is 0.800 bits per heavy atom. The van der Waals surface area contributed by atoms with Crippen LogP contribution < -0.4 is 0 Å². The Labute approximate surface area is 209 Å². The number of hydrogen-bond acceptors (Lipinski definition) is 2. The van der Waals surface area contributed by atoms with Crippen LogP contribution in [0.4, 0.5) is 13.2 Å². The third kappa shape index (κ3) is 4.40. The molecule has 5 rings (SSSR count). The average molecular weight is 512 g/mol. The molecule has 0 aliphatic carbocycles. The fraction of sp³-hybridized carbons (Fsp3) is 0.111. The molecule has 0 fully saturated rings. The SMILES string of the molecule is Cc1ccc(-c2nn(-c3ccc(C)c(Cl)c3)c3nc(-c4ccc(Cl)cc4)cc(C(F)(F)F)c23)cc1. The van der Waals surface area contributed by atoms with Gasteiger partial charge in [-0.15, -0.1) is 0 Å². The monoisotopic (exact) mass is 511 g/mol. The van der Waals surface area contributed by atoms with E-state index in [-0.39, 0.29) is 22.4 Å². The van der Waals surface area contributed by atoms with Gasteiger partial charge in [-0.05, 0) is 49.7 Å². The maximum absolute atomic E-state index is 14.5. The molecular formula is C27H18Cl2F3N3. The van der Waals surface area contributed by atoms with E-state index in [2.05, 4.69) is 10.1 Å². The van der Waals surface area contributed by atoms with Gasteiger partial charge in [0.2, 0.25) is 0 Å². The molecule has 0 saturated heterocycles. The Morgan fingerprint density at radius 2 is 1.46 bits per heavy atom. The molecule has 8 heteroatoms. The van der Waals surface area contributed by atoms with E-state index in [0.29, 0.717) is 26.9 Å². The molecule has 0 aliphatic heterocycles. The lowest BCUT2D eigenvalue weighted by Crippen LogP contribution is -2.08. The fourth-order valence-electron chi connectivity index (χ4n) is 3.91. The number of fused-ring (bicyclic) bond motifs is 1. The first-order chi connectivity index (χ1) is 16.6. The standard InChI is InChI=1S/C27H18Cl2F3N3/c1-15-3-6-18(7-4-15)25-24-21(27(30,31)32)14-23(17-8-10-19(28)11-9-17)33-26(24)35(34-25)20-12-5-16(2)22(29)13-20/h3-14H,1-2H3. The Balaban J connectivity index is 1.89. The van der Waals surface area contributed by atoms with Crippen molar-refractivity contribution >= 4 is 34.2 Å². The molecule has 0 spiro atoms. The van der Waals surface area contributed by atoms with Gasteiger partial charge in [-0.1, -0.05) is 71.2 Å². The highest BCUT2D eigenvalue weighted by atomic mass is 35.5. The molecule has 2 heterocycles. The molecule has 0 bridgehead atoms. The molecule has 0 unspecified atom stereocenters. The van der Waals surface area contributed by atoms with Crippen molar-refractivity contribution in [1.29, 1.82) is 0 Å². The Kier molecular flexibility index (Phi) is 5.82. The normalized spacial score (nSPS) is 11.9. The van der Waals surface area contributed by atoms with Gasteiger partial charge in [-0.2, -0.15) is 18.3 Å². The number of alkyl halides is 3. The van der Waals surface area contributed by atoms with Gasteiger partial charge >= 0.3 is 6.18 Å². The molecule has 35 heavy (non-hydrogen) atoms. The molecule has 0 radical (unpaired) electrons. The van der Waals surface area contributed by atoms with E-state index in [4.69, 9.17) is 23.2 Å². The minimum atomic E-state index is -4.64. The largest absolute Gasteiger partial charge is 0.417 e. The summed E-state index contributed by atoms with van der Waals surface area (Å²) in [7, 11) is 0. The van der Waals surface area contributed by atoms with Crippen molar-refractivity contribution in [1.82, 2.24) is 14.8 Å². The van der Waals surface area contributed by atoms with Crippen LogP contribution in [0.25, 0.3) is 39.2 Å². The second-order valence-electron chi connectivity index (χ2n) is 8.32. The summed E-state index contributed by atoms with van der Waals surface area (Å²) >= 11 is 12.3. The van der Waals surface area contributed by atoms with Crippen molar-refractivity contribution in [2.75, 3.05) is 0 Å². The quantitative estimate of drug-likeness (QED) is 0.242. The van der Waals surface area contributed by atoms with E-state index in [1.807, 2.05) is 26.0 Å². The van der Waals surface area contributed by atoms with E-state index in [1.54, 1.807) is 54.6 Å². The minimum Gasteiger partial charge on any atom is -0.228 e. The number of benzene rings is 3. The molecule has 0 amide bonds. The number of pyridine rings is 1. The van der Waals surface area contributed by atoms with Crippen LogP contribution in [-0.2, 0) is 6.18 Å². The van der Waals surface area contributed by atoms with E-state index in [9.17, 15) is 13.2 Å². The van der Waals surface area contributed by atoms with Gasteiger partial charge in [0, 0.05) is 21.2 Å². The highest BCUT2D eigenvalue weighted by molar-refractivity contribution is 6.31. The molecule has 0 atom stereocenters. The van der Waals surface area contributed by atoms with Crippen LogP contribution in [0.1, 0.15) is 16.7 Å². The lowest BCUT2D eigenvalue weighted by Gasteiger charge is -2.12. The first-order valence-corrected chi connectivity index (χ1v) is 11.5. The van der Waals surface area contributed by atoms with Crippen LogP contribution in [0.15, 0.2) is 72.8 Å². The Morgan fingerprint density at radius 3 is 2.09 bits per heavy atom. The second-order valence-corrected chi connectivity index (χ2v) is 9.16. The van der Waals surface area contributed by atoms with E-state index in [1.165, 1.54) is 4.68 Å².